The van der Waals surface area contributed by atoms with Crippen LogP contribution in [0, 0.1) is 0 Å². The molecule has 0 saturated heterocycles. The predicted molar refractivity (Wildman–Crippen MR) is 121 cm³/mol. The molecule has 0 amide bonds. The van der Waals surface area contributed by atoms with Gasteiger partial charge in [-0.3, -0.25) is 0 Å². The zero-order chi connectivity index (χ0) is 20.1. The molecule has 0 aliphatic carbocycles. The molecule has 0 fully saturated rings. The molecule has 0 bridgehead atoms. The highest BCUT2D eigenvalue weighted by Gasteiger charge is 2.39. The maximum atomic E-state index is 14.9. The van der Waals surface area contributed by atoms with Crippen LogP contribution in [0.1, 0.15) is 11.3 Å². The van der Waals surface area contributed by atoms with Gasteiger partial charge >= 0.3 is 0 Å². The van der Waals surface area contributed by atoms with Crippen molar-refractivity contribution >= 4 is 23.4 Å². The molecule has 4 aromatic rings. The number of hydrogen-bond donors (Lipinski definition) is 2. The topological polar surface area (TPSA) is 49.3 Å². The summed E-state index contributed by atoms with van der Waals surface area (Å²) in [5.41, 5.74) is 1.44. The number of hydrogen-bond acceptors (Lipinski definition) is 3. The fraction of sp³-hybridized carbons (Fsp3) is 0.0400. The van der Waals surface area contributed by atoms with E-state index in [-0.39, 0.29) is 5.75 Å². The van der Waals surface area contributed by atoms with Gasteiger partial charge in [-0.25, -0.2) is 0 Å². The van der Waals surface area contributed by atoms with Crippen molar-refractivity contribution in [2.24, 2.45) is 0 Å². The molecule has 0 radical (unpaired) electrons. The Morgan fingerprint density at radius 3 is 1.59 bits per heavy atom. The Morgan fingerprint density at radius 2 is 1.07 bits per heavy atom. The van der Waals surface area contributed by atoms with E-state index in [4.69, 9.17) is 0 Å². The van der Waals surface area contributed by atoms with E-state index in [9.17, 15) is 9.67 Å². The first-order valence-electron chi connectivity index (χ1n) is 9.50. The average molecular weight is 399 g/mol. The Hall–Kier alpha value is -3.29. The van der Waals surface area contributed by atoms with Crippen molar-refractivity contribution in [2.45, 2.75) is 5.78 Å². The van der Waals surface area contributed by atoms with Crippen molar-refractivity contribution in [3.05, 3.63) is 121 Å². The molecular formula is C25H22NO2P. The van der Waals surface area contributed by atoms with Gasteiger partial charge < -0.3 is 15.0 Å². The lowest BCUT2D eigenvalue weighted by Crippen LogP contribution is -2.25. The van der Waals surface area contributed by atoms with E-state index in [2.05, 4.69) is 5.32 Å². The van der Waals surface area contributed by atoms with Crippen LogP contribution < -0.4 is 15.9 Å². The highest BCUT2D eigenvalue weighted by Crippen LogP contribution is 2.58. The third kappa shape index (κ3) is 3.83. The van der Waals surface area contributed by atoms with Crippen molar-refractivity contribution < 1.29 is 9.67 Å². The second kappa shape index (κ2) is 8.38. The van der Waals surface area contributed by atoms with Crippen molar-refractivity contribution in [2.75, 3.05) is 5.32 Å². The lowest BCUT2D eigenvalue weighted by atomic mass is 10.2. The molecule has 0 aliphatic rings. The number of benzene rings is 4. The zero-order valence-corrected chi connectivity index (χ0v) is 16.7. The molecule has 4 heteroatoms. The number of para-hydroxylation sites is 2. The Labute approximate surface area is 171 Å². The van der Waals surface area contributed by atoms with Gasteiger partial charge in [0.1, 0.15) is 11.5 Å². The molecule has 0 heterocycles. The monoisotopic (exact) mass is 399 g/mol. The molecule has 4 rings (SSSR count). The molecule has 0 aromatic heterocycles. The molecule has 0 spiro atoms. The number of phenolic OH excluding ortho intramolecular Hbond substituents is 1. The van der Waals surface area contributed by atoms with E-state index in [0.717, 1.165) is 16.3 Å². The largest absolute Gasteiger partial charge is 0.508 e. The van der Waals surface area contributed by atoms with Gasteiger partial charge in [0.25, 0.3) is 0 Å². The van der Waals surface area contributed by atoms with E-state index >= 15 is 0 Å². The first-order chi connectivity index (χ1) is 14.2. The molecule has 0 saturated carbocycles. The summed E-state index contributed by atoms with van der Waals surface area (Å²) in [5, 5.41) is 15.6. The van der Waals surface area contributed by atoms with Crippen LogP contribution in [0.5, 0.6) is 5.75 Å². The standard InChI is InChI=1S/C25H22NO2P/c27-24-19-11-10-18-23(24)25(26-20-12-4-1-5-13-20)29(28,21-14-6-2-7-15-21)22-16-8-3-9-17-22/h1-19,25-27H/t25-/m0/s1. The number of anilines is 1. The summed E-state index contributed by atoms with van der Waals surface area (Å²) < 4.78 is 14.9. The van der Waals surface area contributed by atoms with Crippen molar-refractivity contribution in [3.8, 4) is 5.75 Å². The van der Waals surface area contributed by atoms with Crippen LogP contribution in [-0.2, 0) is 4.57 Å². The third-order valence-electron chi connectivity index (χ3n) is 4.95. The zero-order valence-electron chi connectivity index (χ0n) is 15.8. The minimum atomic E-state index is -3.22. The maximum absolute atomic E-state index is 14.9. The van der Waals surface area contributed by atoms with Crippen LogP contribution in [0.4, 0.5) is 5.69 Å². The fourth-order valence-electron chi connectivity index (χ4n) is 3.52. The SMILES string of the molecule is O=P(c1ccccc1)(c1ccccc1)[C@H](Nc1ccccc1)c1ccccc1O. The number of nitrogens with one attached hydrogen (secondary N) is 1. The third-order valence-corrected chi connectivity index (χ3v) is 8.22. The number of aromatic hydroxyl groups is 1. The van der Waals surface area contributed by atoms with Crippen LogP contribution in [0.2, 0.25) is 0 Å². The van der Waals surface area contributed by atoms with Gasteiger partial charge in [-0.15, -0.1) is 0 Å². The van der Waals surface area contributed by atoms with Crippen LogP contribution in [0.15, 0.2) is 115 Å². The molecule has 4 aromatic carbocycles. The number of phenols is 1. The van der Waals surface area contributed by atoms with Crippen molar-refractivity contribution in [1.29, 1.82) is 0 Å². The van der Waals surface area contributed by atoms with E-state index in [0.29, 0.717) is 5.56 Å². The smallest absolute Gasteiger partial charge is 0.168 e. The quantitative estimate of drug-likeness (QED) is 0.420. The normalized spacial score (nSPS) is 12.3. The average Bonchev–Trinajstić information content (AvgIpc) is 2.79. The molecule has 0 aliphatic heterocycles. The minimum absolute atomic E-state index is 0.119. The minimum Gasteiger partial charge on any atom is -0.508 e. The highest BCUT2D eigenvalue weighted by atomic mass is 31.2. The summed E-state index contributed by atoms with van der Waals surface area (Å²) in [5.74, 6) is -0.510. The van der Waals surface area contributed by atoms with Gasteiger partial charge in [0.2, 0.25) is 0 Å². The van der Waals surface area contributed by atoms with Gasteiger partial charge in [-0.1, -0.05) is 97.1 Å². The first-order valence-corrected chi connectivity index (χ1v) is 11.3. The first kappa shape index (κ1) is 19.0. The van der Waals surface area contributed by atoms with E-state index < -0.39 is 12.9 Å². The van der Waals surface area contributed by atoms with E-state index in [1.54, 1.807) is 12.1 Å². The summed E-state index contributed by atoms with van der Waals surface area (Å²) in [7, 11) is -3.22. The lowest BCUT2D eigenvalue weighted by Gasteiger charge is -2.31. The molecule has 2 N–H and O–H groups in total. The van der Waals surface area contributed by atoms with E-state index in [1.165, 1.54) is 0 Å². The highest BCUT2D eigenvalue weighted by molar-refractivity contribution is 7.79. The van der Waals surface area contributed by atoms with Crippen LogP contribution in [0.25, 0.3) is 0 Å². The van der Waals surface area contributed by atoms with Crippen LogP contribution >= 0.6 is 7.14 Å². The summed E-state index contributed by atoms with van der Waals surface area (Å²) >= 11 is 0. The van der Waals surface area contributed by atoms with Crippen LogP contribution in [0.3, 0.4) is 0 Å². The molecule has 3 nitrogen and oxygen atoms in total. The molecule has 1 atom stereocenters. The van der Waals surface area contributed by atoms with Gasteiger partial charge in [0.05, 0.1) is 0 Å². The van der Waals surface area contributed by atoms with Gasteiger partial charge in [0, 0.05) is 21.9 Å². The second-order valence-corrected chi connectivity index (χ2v) is 9.67. The Morgan fingerprint density at radius 1 is 0.621 bits per heavy atom. The Kier molecular flexibility index (Phi) is 5.50. The van der Waals surface area contributed by atoms with Crippen molar-refractivity contribution in [3.63, 3.8) is 0 Å². The summed E-state index contributed by atoms with van der Waals surface area (Å²) in [6, 6.07) is 35.8. The van der Waals surface area contributed by atoms with Crippen LogP contribution in [-0.4, -0.2) is 5.11 Å². The summed E-state index contributed by atoms with van der Waals surface area (Å²) in [6.45, 7) is 0. The van der Waals surface area contributed by atoms with Gasteiger partial charge in [0.15, 0.2) is 7.14 Å². The summed E-state index contributed by atoms with van der Waals surface area (Å²) in [4.78, 5) is 0. The molecule has 144 valence electrons. The van der Waals surface area contributed by atoms with Gasteiger partial charge in [-0.05, 0) is 18.2 Å². The second-order valence-electron chi connectivity index (χ2n) is 6.80. The molecule has 0 unspecified atom stereocenters. The Balaban J connectivity index is 1.96. The summed E-state index contributed by atoms with van der Waals surface area (Å²) in [6.07, 6.45) is 0. The Bertz CT molecular complexity index is 1070. The van der Waals surface area contributed by atoms with E-state index in [1.807, 2.05) is 103 Å². The fourth-order valence-corrected chi connectivity index (χ4v) is 6.59. The molecular weight excluding hydrogens is 377 g/mol. The lowest BCUT2D eigenvalue weighted by molar-refractivity contribution is 0.467. The van der Waals surface area contributed by atoms with Crippen molar-refractivity contribution in [1.82, 2.24) is 0 Å². The number of rotatable bonds is 6. The van der Waals surface area contributed by atoms with Gasteiger partial charge in [-0.2, -0.15) is 0 Å². The molecule has 29 heavy (non-hydrogen) atoms. The maximum Gasteiger partial charge on any atom is 0.168 e. The predicted octanol–water partition coefficient (Wildman–Crippen LogP) is 5.52.